The molecule has 0 spiro atoms. The van der Waals surface area contributed by atoms with Gasteiger partial charge in [0.1, 0.15) is 18.1 Å². The van der Waals surface area contributed by atoms with Crippen LogP contribution in [0.3, 0.4) is 0 Å². The first-order valence-corrected chi connectivity index (χ1v) is 13.2. The number of pyridine rings is 1. The van der Waals surface area contributed by atoms with E-state index < -0.39 is 21.6 Å². The van der Waals surface area contributed by atoms with E-state index in [4.69, 9.17) is 9.47 Å². The third kappa shape index (κ3) is 4.66. The number of aromatic nitrogens is 1. The molecule has 5 rings (SSSR count). The number of carbonyl (C=O) groups is 1. The molecule has 0 saturated carbocycles. The summed E-state index contributed by atoms with van der Waals surface area (Å²) < 4.78 is 50.6. The lowest BCUT2D eigenvalue weighted by molar-refractivity contribution is 0.0992. The summed E-state index contributed by atoms with van der Waals surface area (Å²) >= 11 is 0. The number of nitrogens with zero attached hydrogens (tertiary/aromatic N) is 3. The second-order valence-electron chi connectivity index (χ2n) is 8.74. The van der Waals surface area contributed by atoms with Crippen LogP contribution in [0.2, 0.25) is 0 Å². The van der Waals surface area contributed by atoms with Crippen LogP contribution in [0.5, 0.6) is 11.5 Å². The van der Waals surface area contributed by atoms with Crippen molar-refractivity contribution < 1.29 is 27.1 Å². The minimum Gasteiger partial charge on any atom is -0.493 e. The van der Waals surface area contributed by atoms with Crippen LogP contribution in [-0.4, -0.2) is 57.6 Å². The van der Waals surface area contributed by atoms with E-state index in [9.17, 15) is 17.6 Å². The summed E-state index contributed by atoms with van der Waals surface area (Å²) in [5.41, 5.74) is 1.27. The molecule has 36 heavy (non-hydrogen) atoms. The molecule has 1 saturated heterocycles. The van der Waals surface area contributed by atoms with Crippen LogP contribution >= 0.6 is 0 Å². The van der Waals surface area contributed by atoms with Crippen LogP contribution in [0.4, 0.5) is 10.1 Å². The molecule has 10 heteroatoms. The number of rotatable bonds is 8. The minimum absolute atomic E-state index is 0.0723. The van der Waals surface area contributed by atoms with Crippen molar-refractivity contribution in [3.63, 3.8) is 0 Å². The van der Waals surface area contributed by atoms with E-state index >= 15 is 0 Å². The van der Waals surface area contributed by atoms with E-state index in [0.717, 1.165) is 31.8 Å². The molecule has 0 aliphatic carbocycles. The number of carbonyl (C=O) groups excluding carboxylic acids is 1. The maximum Gasteiger partial charge on any atom is 0.277 e. The molecule has 0 N–H and O–H groups in total. The van der Waals surface area contributed by atoms with Crippen molar-refractivity contribution in [1.82, 2.24) is 9.88 Å². The lowest BCUT2D eigenvalue weighted by Crippen LogP contribution is -2.25. The number of methoxy groups -OCH3 is 1. The Morgan fingerprint density at radius 2 is 1.75 bits per heavy atom. The maximum atomic E-state index is 13.2. The summed E-state index contributed by atoms with van der Waals surface area (Å²) in [4.78, 5) is 21.2. The van der Waals surface area contributed by atoms with E-state index in [1.165, 1.54) is 35.9 Å². The summed E-state index contributed by atoms with van der Waals surface area (Å²) in [6, 6.07) is 12.7. The summed E-state index contributed by atoms with van der Waals surface area (Å²) in [7, 11) is -2.46. The predicted molar refractivity (Wildman–Crippen MR) is 131 cm³/mol. The van der Waals surface area contributed by atoms with Gasteiger partial charge in [0.15, 0.2) is 16.5 Å². The maximum absolute atomic E-state index is 13.2. The van der Waals surface area contributed by atoms with Gasteiger partial charge in [-0.25, -0.2) is 17.8 Å². The lowest BCUT2D eigenvalue weighted by Gasteiger charge is -2.19. The molecule has 2 aliphatic heterocycles. The molecule has 1 aromatic heterocycles. The van der Waals surface area contributed by atoms with E-state index in [0.29, 0.717) is 29.4 Å². The highest BCUT2D eigenvalue weighted by atomic mass is 32.2. The Kier molecular flexibility index (Phi) is 6.63. The van der Waals surface area contributed by atoms with Gasteiger partial charge in [0, 0.05) is 23.9 Å². The smallest absolute Gasteiger partial charge is 0.277 e. The molecule has 0 bridgehead atoms. The monoisotopic (exact) mass is 511 g/mol. The first-order valence-electron chi connectivity index (χ1n) is 11.7. The number of fused-ring (bicyclic) bond motifs is 1. The molecule has 1 fully saturated rings. The first kappa shape index (κ1) is 24.2. The number of amides is 1. The number of benzene rings is 2. The second-order valence-corrected chi connectivity index (χ2v) is 10.6. The third-order valence-corrected chi connectivity index (χ3v) is 8.12. The number of likely N-dealkylation sites (tertiary alicyclic amines) is 1. The van der Waals surface area contributed by atoms with Crippen molar-refractivity contribution >= 4 is 21.4 Å². The zero-order chi connectivity index (χ0) is 25.3. The fourth-order valence-electron chi connectivity index (χ4n) is 4.48. The Hall–Kier alpha value is -3.50. The van der Waals surface area contributed by atoms with Gasteiger partial charge in [0.05, 0.1) is 18.6 Å². The molecular weight excluding hydrogens is 485 g/mol. The molecule has 2 aliphatic rings. The van der Waals surface area contributed by atoms with Gasteiger partial charge in [-0.2, -0.15) is 0 Å². The molecule has 0 unspecified atom stereocenters. The van der Waals surface area contributed by atoms with E-state index in [2.05, 4.69) is 9.88 Å². The van der Waals surface area contributed by atoms with Crippen LogP contribution in [0.1, 0.15) is 28.9 Å². The average Bonchev–Trinajstić information content (AvgIpc) is 3.52. The van der Waals surface area contributed by atoms with Gasteiger partial charge in [-0.1, -0.05) is 6.07 Å². The highest BCUT2D eigenvalue weighted by molar-refractivity contribution is 7.91. The van der Waals surface area contributed by atoms with Crippen LogP contribution < -0.4 is 14.4 Å². The molecule has 0 atom stereocenters. The van der Waals surface area contributed by atoms with Gasteiger partial charge >= 0.3 is 0 Å². The van der Waals surface area contributed by atoms with Gasteiger partial charge in [-0.05, 0) is 68.4 Å². The third-order valence-electron chi connectivity index (χ3n) is 6.45. The number of ether oxygens (including phenoxy) is 2. The van der Waals surface area contributed by atoms with E-state index in [1.54, 1.807) is 31.4 Å². The predicted octanol–water partition coefficient (Wildman–Crippen LogP) is 3.70. The fraction of sp³-hybridized carbons (Fsp3) is 0.308. The summed E-state index contributed by atoms with van der Waals surface area (Å²) in [5, 5.41) is -0.262. The average molecular weight is 512 g/mol. The van der Waals surface area contributed by atoms with Crippen molar-refractivity contribution in [2.75, 3.05) is 38.3 Å². The van der Waals surface area contributed by atoms with Gasteiger partial charge < -0.3 is 14.4 Å². The molecule has 2 aromatic carbocycles. The van der Waals surface area contributed by atoms with E-state index in [-0.39, 0.29) is 22.2 Å². The zero-order valence-electron chi connectivity index (χ0n) is 19.8. The van der Waals surface area contributed by atoms with Crippen molar-refractivity contribution in [3.05, 3.63) is 71.7 Å². The Labute approximate surface area is 209 Å². The molecule has 8 nitrogen and oxygen atoms in total. The second kappa shape index (κ2) is 9.87. The largest absolute Gasteiger partial charge is 0.493 e. The topological polar surface area (TPSA) is 89.0 Å². The summed E-state index contributed by atoms with van der Waals surface area (Å²) in [6.45, 7) is 3.82. The van der Waals surface area contributed by atoms with Crippen molar-refractivity contribution in [2.45, 2.75) is 29.3 Å². The van der Waals surface area contributed by atoms with Crippen molar-refractivity contribution in [1.29, 1.82) is 0 Å². The molecule has 3 aromatic rings. The Morgan fingerprint density at radius 1 is 1.00 bits per heavy atom. The van der Waals surface area contributed by atoms with Crippen LogP contribution in [0.15, 0.2) is 64.5 Å². The number of hydrogen-bond donors (Lipinski definition) is 0. The summed E-state index contributed by atoms with van der Waals surface area (Å²) in [6.07, 6.45) is 2.44. The summed E-state index contributed by atoms with van der Waals surface area (Å²) in [5.74, 6) is 0.145. The van der Waals surface area contributed by atoms with Crippen molar-refractivity contribution in [3.8, 4) is 11.5 Å². The van der Waals surface area contributed by atoms with Gasteiger partial charge in [-0.15, -0.1) is 0 Å². The highest BCUT2D eigenvalue weighted by Crippen LogP contribution is 2.35. The van der Waals surface area contributed by atoms with Crippen LogP contribution in [0.25, 0.3) is 0 Å². The minimum atomic E-state index is -4.00. The molecular formula is C26H26FN3O5S. The van der Waals surface area contributed by atoms with Crippen LogP contribution in [0, 0.1) is 5.82 Å². The number of hydrogen-bond acceptors (Lipinski definition) is 7. The Balaban J connectivity index is 1.34. The molecule has 1 amide bonds. The Morgan fingerprint density at radius 3 is 2.47 bits per heavy atom. The van der Waals surface area contributed by atoms with Gasteiger partial charge in [0.2, 0.25) is 9.84 Å². The fourth-order valence-corrected chi connectivity index (χ4v) is 5.67. The number of sulfone groups is 1. The molecule has 0 radical (unpaired) electrons. The zero-order valence-corrected chi connectivity index (χ0v) is 20.6. The highest BCUT2D eigenvalue weighted by Gasteiger charge is 2.33. The van der Waals surface area contributed by atoms with E-state index in [1.807, 2.05) is 0 Å². The Bertz CT molecular complexity index is 1390. The normalized spacial score (nSPS) is 15.8. The lowest BCUT2D eigenvalue weighted by atomic mass is 10.2. The van der Waals surface area contributed by atoms with Crippen molar-refractivity contribution in [2.24, 2.45) is 0 Å². The van der Waals surface area contributed by atoms with Crippen LogP contribution in [-0.2, 0) is 16.4 Å². The SMILES string of the molecule is COc1cc(N2Cc3ccc(S(=O)(=O)c4ccc(F)cc4)nc3C2=O)ccc1OCCN1CCCC1. The number of halogens is 1. The van der Waals surface area contributed by atoms with Gasteiger partial charge in [-0.3, -0.25) is 9.69 Å². The molecule has 3 heterocycles. The number of anilines is 1. The standard InChI is InChI=1S/C26H26FN3O5S/c1-34-23-16-20(7-10-22(23)35-15-14-29-12-2-3-13-29)30-17-18-4-11-24(28-25(18)26(30)31)36(32,33)21-8-5-19(27)6-9-21/h4-11,16H,2-3,12-15,17H2,1H3. The quantitative estimate of drug-likeness (QED) is 0.426. The van der Waals surface area contributed by atoms with Gasteiger partial charge in [0.25, 0.3) is 5.91 Å². The first-order chi connectivity index (χ1) is 17.4. The molecule has 188 valence electrons.